The molecule has 1 N–H and O–H groups in total. The van der Waals surface area contributed by atoms with E-state index in [1.807, 2.05) is 0 Å². The van der Waals surface area contributed by atoms with Crippen LogP contribution in [0.2, 0.25) is 0 Å². The smallest absolute Gasteiger partial charge is 0.243 e. The zero-order valence-electron chi connectivity index (χ0n) is 12.8. The Morgan fingerprint density at radius 2 is 2.00 bits per heavy atom. The molecule has 1 aromatic carbocycles. The summed E-state index contributed by atoms with van der Waals surface area (Å²) in [5.41, 5.74) is -1.07. The number of nitrogens with zero attached hydrogens (tertiary/aromatic N) is 2. The Morgan fingerprint density at radius 3 is 2.70 bits per heavy atom. The van der Waals surface area contributed by atoms with Crippen LogP contribution in [-0.2, 0) is 14.8 Å². The maximum Gasteiger partial charge on any atom is 0.243 e. The van der Waals surface area contributed by atoms with Crippen molar-refractivity contribution in [3.63, 3.8) is 0 Å². The van der Waals surface area contributed by atoms with Crippen LogP contribution in [0.3, 0.4) is 0 Å². The van der Waals surface area contributed by atoms with Gasteiger partial charge >= 0.3 is 0 Å². The normalized spacial score (nSPS) is 27.4. The van der Waals surface area contributed by atoms with Crippen LogP contribution in [0.1, 0.15) is 6.42 Å². The number of ether oxygens (including phenoxy) is 1. The first-order chi connectivity index (χ1) is 10.9. The fourth-order valence-corrected chi connectivity index (χ4v) is 4.66. The highest BCUT2D eigenvalue weighted by atomic mass is 32.2. The van der Waals surface area contributed by atoms with Crippen LogP contribution < -0.4 is 0 Å². The molecule has 2 heterocycles. The molecule has 2 aliphatic rings. The largest absolute Gasteiger partial charge is 0.387 e. The zero-order valence-corrected chi connectivity index (χ0v) is 13.6. The molecule has 2 aliphatic heterocycles. The molecule has 6 nitrogen and oxygen atoms in total. The third kappa shape index (κ3) is 3.72. The summed E-state index contributed by atoms with van der Waals surface area (Å²) in [6.45, 7) is 3.41. The molecule has 0 unspecified atom stereocenters. The van der Waals surface area contributed by atoms with Crippen LogP contribution in [0, 0.1) is 5.82 Å². The highest BCUT2D eigenvalue weighted by molar-refractivity contribution is 7.89. The van der Waals surface area contributed by atoms with Crippen molar-refractivity contribution >= 4 is 10.0 Å². The summed E-state index contributed by atoms with van der Waals surface area (Å²) < 4.78 is 45.0. The third-order valence-corrected chi connectivity index (χ3v) is 6.19. The van der Waals surface area contributed by atoms with Gasteiger partial charge in [0.15, 0.2) is 0 Å². The summed E-state index contributed by atoms with van der Waals surface area (Å²) in [6.07, 6.45) is 0.374. The van der Waals surface area contributed by atoms with Crippen molar-refractivity contribution in [2.45, 2.75) is 16.9 Å². The highest BCUT2D eigenvalue weighted by Gasteiger charge is 2.42. The Bertz CT molecular complexity index is 663. The van der Waals surface area contributed by atoms with Crippen molar-refractivity contribution < 1.29 is 22.7 Å². The van der Waals surface area contributed by atoms with Gasteiger partial charge in [-0.1, -0.05) is 6.07 Å². The lowest BCUT2D eigenvalue weighted by molar-refractivity contribution is -0.0239. The Morgan fingerprint density at radius 1 is 1.26 bits per heavy atom. The quantitative estimate of drug-likeness (QED) is 0.850. The molecule has 0 spiro atoms. The van der Waals surface area contributed by atoms with Crippen molar-refractivity contribution in [2.75, 3.05) is 45.9 Å². The van der Waals surface area contributed by atoms with Crippen LogP contribution >= 0.6 is 0 Å². The molecular weight excluding hydrogens is 323 g/mol. The minimum atomic E-state index is -3.78. The molecule has 1 aromatic rings. The Balaban J connectivity index is 1.70. The van der Waals surface area contributed by atoms with E-state index >= 15 is 0 Å². The second kappa shape index (κ2) is 6.45. The first-order valence-electron chi connectivity index (χ1n) is 7.67. The number of rotatable bonds is 4. The lowest BCUT2D eigenvalue weighted by Gasteiger charge is -2.33. The van der Waals surface area contributed by atoms with Crippen molar-refractivity contribution in [3.05, 3.63) is 30.1 Å². The molecule has 23 heavy (non-hydrogen) atoms. The summed E-state index contributed by atoms with van der Waals surface area (Å²) >= 11 is 0. The second-order valence-corrected chi connectivity index (χ2v) is 8.10. The van der Waals surface area contributed by atoms with E-state index in [4.69, 9.17) is 4.74 Å². The van der Waals surface area contributed by atoms with Crippen LogP contribution in [0.25, 0.3) is 0 Å². The minimum Gasteiger partial charge on any atom is -0.387 e. The average Bonchev–Trinajstić information content (AvgIpc) is 2.91. The number of aliphatic hydroxyl groups is 1. The number of β-amino-alcohol motifs (C(OH)–C–C–N with tert-alkyl or cyclic N) is 1. The van der Waals surface area contributed by atoms with Crippen molar-refractivity contribution in [3.8, 4) is 0 Å². The summed E-state index contributed by atoms with van der Waals surface area (Å²) in [7, 11) is -3.78. The van der Waals surface area contributed by atoms with Gasteiger partial charge in [-0.25, -0.2) is 12.8 Å². The molecule has 2 fully saturated rings. The van der Waals surface area contributed by atoms with Gasteiger partial charge in [0.2, 0.25) is 10.0 Å². The molecule has 128 valence electrons. The fourth-order valence-electron chi connectivity index (χ4n) is 3.11. The molecule has 0 bridgehead atoms. The summed E-state index contributed by atoms with van der Waals surface area (Å²) in [5.74, 6) is -0.589. The molecule has 0 aromatic heterocycles. The first kappa shape index (κ1) is 16.8. The molecule has 1 atom stereocenters. The van der Waals surface area contributed by atoms with Gasteiger partial charge in [0, 0.05) is 32.7 Å². The number of hydrogen-bond donors (Lipinski definition) is 1. The summed E-state index contributed by atoms with van der Waals surface area (Å²) in [6, 6.07) is 4.96. The number of benzene rings is 1. The van der Waals surface area contributed by atoms with Gasteiger partial charge in [0.1, 0.15) is 5.82 Å². The first-order valence-corrected chi connectivity index (χ1v) is 9.11. The van der Waals surface area contributed by atoms with E-state index < -0.39 is 21.4 Å². The van der Waals surface area contributed by atoms with Gasteiger partial charge in [-0.3, -0.25) is 4.90 Å². The molecule has 0 radical (unpaired) electrons. The van der Waals surface area contributed by atoms with Crippen molar-refractivity contribution in [2.24, 2.45) is 0 Å². The number of halogens is 1. The molecule has 0 saturated carbocycles. The topological polar surface area (TPSA) is 70.1 Å². The maximum atomic E-state index is 13.3. The molecule has 8 heteroatoms. The molecule has 2 saturated heterocycles. The molecular formula is C15H21FN2O4S. The summed E-state index contributed by atoms with van der Waals surface area (Å²) in [4.78, 5) is 2.01. The predicted octanol–water partition coefficient (Wildman–Crippen LogP) is 0.283. The van der Waals surface area contributed by atoms with Crippen LogP contribution in [0.5, 0.6) is 0 Å². The SMILES string of the molecule is O=S(=O)(c1cccc(F)c1)N1CC[C@](O)(CN2CCOCC2)C1. The van der Waals surface area contributed by atoms with E-state index in [1.165, 1.54) is 22.5 Å². The van der Waals surface area contributed by atoms with E-state index in [9.17, 15) is 17.9 Å². The average molecular weight is 344 g/mol. The fraction of sp³-hybridized carbons (Fsp3) is 0.600. The van der Waals surface area contributed by atoms with Gasteiger partial charge in [0.25, 0.3) is 0 Å². The van der Waals surface area contributed by atoms with Gasteiger partial charge < -0.3 is 9.84 Å². The van der Waals surface area contributed by atoms with Crippen LogP contribution in [0.15, 0.2) is 29.2 Å². The molecule has 3 rings (SSSR count). The van der Waals surface area contributed by atoms with E-state index in [1.54, 1.807) is 0 Å². The lowest BCUT2D eigenvalue weighted by Crippen LogP contribution is -2.49. The van der Waals surface area contributed by atoms with E-state index in [0.717, 1.165) is 19.2 Å². The molecule has 0 amide bonds. The monoisotopic (exact) mass is 344 g/mol. The zero-order chi connectivity index (χ0) is 16.5. The van der Waals surface area contributed by atoms with Gasteiger partial charge in [-0.15, -0.1) is 0 Å². The lowest BCUT2D eigenvalue weighted by atomic mass is 10.0. The van der Waals surface area contributed by atoms with Gasteiger partial charge in [-0.05, 0) is 24.6 Å². The van der Waals surface area contributed by atoms with Crippen LogP contribution in [0.4, 0.5) is 4.39 Å². The van der Waals surface area contributed by atoms with E-state index in [0.29, 0.717) is 26.2 Å². The standard InChI is InChI=1S/C15H21FN2O4S/c16-13-2-1-3-14(10-13)23(20,21)18-5-4-15(19,12-18)11-17-6-8-22-9-7-17/h1-3,10,19H,4-9,11-12H2/t15-/m0/s1. The van der Waals surface area contributed by atoms with Gasteiger partial charge in [0.05, 0.1) is 23.7 Å². The van der Waals surface area contributed by atoms with Crippen molar-refractivity contribution in [1.82, 2.24) is 9.21 Å². The Kier molecular flexibility index (Phi) is 4.70. The maximum absolute atomic E-state index is 13.3. The van der Waals surface area contributed by atoms with Gasteiger partial charge in [-0.2, -0.15) is 4.31 Å². The Labute approximate surface area is 135 Å². The number of hydrogen-bond acceptors (Lipinski definition) is 5. The van der Waals surface area contributed by atoms with E-state index in [-0.39, 0.29) is 18.0 Å². The third-order valence-electron chi connectivity index (χ3n) is 4.35. The minimum absolute atomic E-state index is 0.0310. The van der Waals surface area contributed by atoms with Crippen molar-refractivity contribution in [1.29, 1.82) is 0 Å². The summed E-state index contributed by atoms with van der Waals surface area (Å²) in [5, 5.41) is 10.7. The second-order valence-electron chi connectivity index (χ2n) is 6.16. The number of sulfonamides is 1. The number of morpholine rings is 1. The predicted molar refractivity (Wildman–Crippen MR) is 82.0 cm³/mol. The van der Waals surface area contributed by atoms with E-state index in [2.05, 4.69) is 4.90 Å². The molecule has 0 aliphatic carbocycles. The Hall–Kier alpha value is -1.06. The van der Waals surface area contributed by atoms with Crippen LogP contribution in [-0.4, -0.2) is 74.3 Å². The highest BCUT2D eigenvalue weighted by Crippen LogP contribution is 2.28.